The average Bonchev–Trinajstić information content (AvgIpc) is 2.44. The maximum Gasteiger partial charge on any atom is 0.341 e. The summed E-state index contributed by atoms with van der Waals surface area (Å²) in [6.45, 7) is 0. The van der Waals surface area contributed by atoms with E-state index in [4.69, 9.17) is 16.3 Å². The summed E-state index contributed by atoms with van der Waals surface area (Å²) in [6, 6.07) is 0. The van der Waals surface area contributed by atoms with Gasteiger partial charge in [0, 0.05) is 5.69 Å². The zero-order valence-corrected chi connectivity index (χ0v) is 11.5. The highest BCUT2D eigenvalue weighted by Gasteiger charge is 2.29. The Kier molecular flexibility index (Phi) is 4.04. The number of esters is 2. The van der Waals surface area contributed by atoms with Gasteiger partial charge in [-0.2, -0.15) is 0 Å². The quantitative estimate of drug-likeness (QED) is 0.615. The Morgan fingerprint density at radius 2 is 1.63 bits per heavy atom. The summed E-state index contributed by atoms with van der Waals surface area (Å²) in [5.74, 6) is -1.26. The van der Waals surface area contributed by atoms with E-state index in [9.17, 15) is 9.59 Å². The lowest BCUT2D eigenvalue weighted by Crippen LogP contribution is -2.20. The summed E-state index contributed by atoms with van der Waals surface area (Å²) in [5.41, 5.74) is 1.72. The summed E-state index contributed by atoms with van der Waals surface area (Å²) >= 11 is 6.02. The van der Waals surface area contributed by atoms with Gasteiger partial charge in [-0.15, -0.1) is 0 Å². The van der Waals surface area contributed by atoms with Gasteiger partial charge in [0.05, 0.1) is 19.8 Å². The van der Waals surface area contributed by atoms with Crippen LogP contribution >= 0.6 is 11.6 Å². The lowest BCUT2D eigenvalue weighted by Gasteiger charge is -2.20. The summed E-state index contributed by atoms with van der Waals surface area (Å²) in [6.07, 6.45) is 3.38. The van der Waals surface area contributed by atoms with Gasteiger partial charge in [-0.1, -0.05) is 11.6 Å². The number of carbonyl (C=O) groups excluding carboxylic acids is 2. The topological polar surface area (TPSA) is 65.5 Å². The van der Waals surface area contributed by atoms with Crippen LogP contribution < -0.4 is 0 Å². The number of nitrogens with zero attached hydrogens (tertiary/aromatic N) is 1. The van der Waals surface area contributed by atoms with E-state index in [0.29, 0.717) is 6.42 Å². The predicted molar refractivity (Wildman–Crippen MR) is 68.6 cm³/mol. The van der Waals surface area contributed by atoms with E-state index in [0.717, 1.165) is 30.5 Å². The van der Waals surface area contributed by atoms with Gasteiger partial charge in [-0.05, 0) is 31.2 Å². The molecule has 0 amide bonds. The normalized spacial score (nSPS) is 13.6. The molecule has 0 unspecified atom stereocenters. The van der Waals surface area contributed by atoms with Crippen LogP contribution in [0.2, 0.25) is 5.15 Å². The Morgan fingerprint density at radius 1 is 1.05 bits per heavy atom. The van der Waals surface area contributed by atoms with Crippen LogP contribution in [0.5, 0.6) is 0 Å². The Morgan fingerprint density at radius 3 is 2.26 bits per heavy atom. The van der Waals surface area contributed by atoms with Gasteiger partial charge in [0.15, 0.2) is 0 Å². The van der Waals surface area contributed by atoms with Crippen molar-refractivity contribution in [1.82, 2.24) is 4.98 Å². The molecule has 2 rings (SSSR count). The van der Waals surface area contributed by atoms with Crippen LogP contribution in [0.15, 0.2) is 0 Å². The molecule has 0 N–H and O–H groups in total. The minimum absolute atomic E-state index is 0.00309. The van der Waals surface area contributed by atoms with Crippen molar-refractivity contribution in [2.75, 3.05) is 14.2 Å². The monoisotopic (exact) mass is 283 g/mol. The fourth-order valence-electron chi connectivity index (χ4n) is 2.33. The molecule has 6 heteroatoms. The molecule has 0 saturated carbocycles. The Hall–Kier alpha value is -1.62. The summed E-state index contributed by atoms with van der Waals surface area (Å²) < 4.78 is 9.43. The summed E-state index contributed by atoms with van der Waals surface area (Å²) in [7, 11) is 2.51. The standard InChI is InChI=1S/C13H14ClNO4/c1-18-12(16)9-7-5-3-4-6-8(7)15-11(14)10(9)13(17)19-2/h3-6H2,1-2H3. The van der Waals surface area contributed by atoms with Crippen LogP contribution in [0, 0.1) is 0 Å². The lowest BCUT2D eigenvalue weighted by atomic mass is 9.90. The molecule has 1 aliphatic rings. The lowest BCUT2D eigenvalue weighted by molar-refractivity contribution is 0.0553. The fourth-order valence-corrected chi connectivity index (χ4v) is 2.60. The van der Waals surface area contributed by atoms with Crippen molar-refractivity contribution in [2.45, 2.75) is 25.7 Å². The van der Waals surface area contributed by atoms with Crippen LogP contribution in [-0.4, -0.2) is 31.1 Å². The van der Waals surface area contributed by atoms with E-state index in [-0.39, 0.29) is 16.3 Å². The second-order valence-electron chi connectivity index (χ2n) is 4.27. The molecule has 0 fully saturated rings. The molecule has 0 radical (unpaired) electrons. The molecule has 0 atom stereocenters. The third-order valence-electron chi connectivity index (χ3n) is 3.21. The number of hydrogen-bond donors (Lipinski definition) is 0. The van der Waals surface area contributed by atoms with Crippen molar-refractivity contribution < 1.29 is 19.1 Å². The van der Waals surface area contributed by atoms with Gasteiger partial charge in [0.2, 0.25) is 0 Å². The van der Waals surface area contributed by atoms with Crippen LogP contribution in [-0.2, 0) is 22.3 Å². The average molecular weight is 284 g/mol. The number of aryl methyl sites for hydroxylation is 1. The number of rotatable bonds is 2. The molecule has 1 aromatic rings. The van der Waals surface area contributed by atoms with Gasteiger partial charge in [-0.25, -0.2) is 14.6 Å². The maximum atomic E-state index is 12.0. The maximum absolute atomic E-state index is 12.0. The first-order valence-corrected chi connectivity index (χ1v) is 6.35. The van der Waals surface area contributed by atoms with E-state index in [1.807, 2.05) is 0 Å². The molecular weight excluding hydrogens is 270 g/mol. The van der Waals surface area contributed by atoms with Gasteiger partial charge in [0.25, 0.3) is 0 Å². The van der Waals surface area contributed by atoms with E-state index in [1.165, 1.54) is 14.2 Å². The first kappa shape index (κ1) is 13.8. The number of hydrogen-bond acceptors (Lipinski definition) is 5. The molecule has 0 spiro atoms. The van der Waals surface area contributed by atoms with E-state index >= 15 is 0 Å². The van der Waals surface area contributed by atoms with Crippen molar-refractivity contribution in [1.29, 1.82) is 0 Å². The predicted octanol–water partition coefficient (Wildman–Crippen LogP) is 2.19. The second-order valence-corrected chi connectivity index (χ2v) is 4.63. The van der Waals surface area contributed by atoms with Crippen molar-refractivity contribution in [3.05, 3.63) is 27.5 Å². The Bertz CT molecular complexity index is 542. The van der Waals surface area contributed by atoms with Crippen LogP contribution in [0.4, 0.5) is 0 Å². The zero-order valence-electron chi connectivity index (χ0n) is 10.8. The summed E-state index contributed by atoms with van der Waals surface area (Å²) in [4.78, 5) is 28.0. The first-order valence-electron chi connectivity index (χ1n) is 5.98. The Balaban J connectivity index is 2.71. The largest absolute Gasteiger partial charge is 0.465 e. The van der Waals surface area contributed by atoms with Crippen molar-refractivity contribution in [2.24, 2.45) is 0 Å². The number of ether oxygens (including phenoxy) is 2. The first-order chi connectivity index (χ1) is 9.10. The molecule has 102 valence electrons. The van der Waals surface area contributed by atoms with Crippen LogP contribution in [0.1, 0.15) is 44.8 Å². The second kappa shape index (κ2) is 5.57. The van der Waals surface area contributed by atoms with Crippen molar-refractivity contribution >= 4 is 23.5 Å². The van der Waals surface area contributed by atoms with Crippen molar-refractivity contribution in [3.63, 3.8) is 0 Å². The number of halogens is 1. The third-order valence-corrected chi connectivity index (χ3v) is 3.48. The smallest absolute Gasteiger partial charge is 0.341 e. The Labute approximate surface area is 115 Å². The molecule has 0 bridgehead atoms. The number of methoxy groups -OCH3 is 2. The molecule has 0 saturated heterocycles. The number of pyridine rings is 1. The van der Waals surface area contributed by atoms with Gasteiger partial charge in [0.1, 0.15) is 10.7 Å². The minimum atomic E-state index is -0.675. The van der Waals surface area contributed by atoms with Crippen molar-refractivity contribution in [3.8, 4) is 0 Å². The summed E-state index contributed by atoms with van der Waals surface area (Å²) in [5, 5.41) is -0.00657. The van der Waals surface area contributed by atoms with Gasteiger partial charge >= 0.3 is 11.9 Å². The van der Waals surface area contributed by atoms with E-state index < -0.39 is 11.9 Å². The van der Waals surface area contributed by atoms with Crippen LogP contribution in [0.3, 0.4) is 0 Å². The number of aromatic nitrogens is 1. The molecule has 1 aromatic heterocycles. The molecule has 1 aliphatic carbocycles. The van der Waals surface area contributed by atoms with E-state index in [2.05, 4.69) is 9.72 Å². The molecule has 0 aliphatic heterocycles. The fraction of sp³-hybridized carbons (Fsp3) is 0.462. The SMILES string of the molecule is COC(=O)c1c(Cl)nc2c(c1C(=O)OC)CCCC2. The number of fused-ring (bicyclic) bond motifs is 1. The highest BCUT2D eigenvalue weighted by atomic mass is 35.5. The molecule has 5 nitrogen and oxygen atoms in total. The molecule has 1 heterocycles. The van der Waals surface area contributed by atoms with Gasteiger partial charge < -0.3 is 9.47 Å². The molecule has 19 heavy (non-hydrogen) atoms. The highest BCUT2D eigenvalue weighted by molar-refractivity contribution is 6.33. The molecular formula is C13H14ClNO4. The van der Waals surface area contributed by atoms with Gasteiger partial charge in [-0.3, -0.25) is 0 Å². The molecule has 0 aromatic carbocycles. The number of carbonyl (C=O) groups is 2. The zero-order chi connectivity index (χ0) is 14.0. The third kappa shape index (κ3) is 2.42. The highest BCUT2D eigenvalue weighted by Crippen LogP contribution is 2.30. The van der Waals surface area contributed by atoms with E-state index in [1.54, 1.807) is 0 Å². The van der Waals surface area contributed by atoms with Crippen LogP contribution in [0.25, 0.3) is 0 Å². The minimum Gasteiger partial charge on any atom is -0.465 e.